The molecule has 1 N–H and O–H groups in total. The molecule has 4 nitrogen and oxygen atoms in total. The Morgan fingerprint density at radius 2 is 2.25 bits per heavy atom. The normalized spacial score (nSPS) is 17.0. The Morgan fingerprint density at radius 3 is 3.10 bits per heavy atom. The summed E-state index contributed by atoms with van der Waals surface area (Å²) < 4.78 is 7.79. The summed E-state index contributed by atoms with van der Waals surface area (Å²) in [5.41, 5.74) is 3.69. The van der Waals surface area contributed by atoms with E-state index in [1.54, 1.807) is 0 Å². The highest BCUT2D eigenvalue weighted by molar-refractivity contribution is 5.39. The number of nitrogens with one attached hydrogen (secondary N) is 1. The lowest BCUT2D eigenvalue weighted by Gasteiger charge is -2.08. The number of hydrogen-bond donors (Lipinski definition) is 1. The van der Waals surface area contributed by atoms with E-state index in [4.69, 9.17) is 4.74 Å². The summed E-state index contributed by atoms with van der Waals surface area (Å²) in [6, 6.07) is 8.29. The maximum atomic E-state index is 5.73. The van der Waals surface area contributed by atoms with Crippen LogP contribution in [0.2, 0.25) is 0 Å². The lowest BCUT2D eigenvalue weighted by atomic mass is 10.0. The highest BCUT2D eigenvalue weighted by atomic mass is 16.5. The van der Waals surface area contributed by atoms with Crippen LogP contribution < -0.4 is 10.1 Å². The fourth-order valence-electron chi connectivity index (χ4n) is 2.69. The summed E-state index contributed by atoms with van der Waals surface area (Å²) in [6.45, 7) is 7.69. The van der Waals surface area contributed by atoms with E-state index in [1.165, 1.54) is 11.1 Å². The zero-order chi connectivity index (χ0) is 13.9. The molecule has 1 aromatic carbocycles. The van der Waals surface area contributed by atoms with Gasteiger partial charge in [-0.05, 0) is 19.5 Å². The molecule has 0 saturated heterocycles. The van der Waals surface area contributed by atoms with Gasteiger partial charge in [0.05, 0.1) is 18.8 Å². The minimum Gasteiger partial charge on any atom is -0.493 e. The van der Waals surface area contributed by atoms with Crippen molar-refractivity contribution in [2.45, 2.75) is 32.9 Å². The van der Waals surface area contributed by atoms with Gasteiger partial charge in [-0.25, -0.2) is 0 Å². The molecule has 0 radical (unpaired) electrons. The molecule has 0 amide bonds. The zero-order valence-corrected chi connectivity index (χ0v) is 12.1. The van der Waals surface area contributed by atoms with Crippen LogP contribution in [0.5, 0.6) is 5.75 Å². The van der Waals surface area contributed by atoms with Crippen LogP contribution in [0.1, 0.15) is 29.7 Å². The number of hydrogen-bond acceptors (Lipinski definition) is 3. The number of fused-ring (bicyclic) bond motifs is 1. The molecule has 0 saturated carbocycles. The number of para-hydroxylation sites is 1. The number of ether oxygens (including phenoxy) is 1. The largest absolute Gasteiger partial charge is 0.493 e. The van der Waals surface area contributed by atoms with Crippen LogP contribution in [0, 0.1) is 6.92 Å². The van der Waals surface area contributed by atoms with Crippen molar-refractivity contribution in [3.63, 3.8) is 0 Å². The Hall–Kier alpha value is -1.81. The van der Waals surface area contributed by atoms with Gasteiger partial charge in [0.25, 0.3) is 0 Å². The molecule has 0 bridgehead atoms. The highest BCUT2D eigenvalue weighted by Crippen LogP contribution is 2.34. The summed E-state index contributed by atoms with van der Waals surface area (Å²) in [5, 5.41) is 7.97. The van der Waals surface area contributed by atoms with Crippen molar-refractivity contribution in [1.29, 1.82) is 0 Å². The standard InChI is InChI=1S/C16H21N3O/c1-3-17-8-13-9-19(18-12(13)2)10-14-11-20-16-7-5-4-6-15(14)16/h4-7,9,14,17H,3,8,10-11H2,1-2H3. The van der Waals surface area contributed by atoms with Gasteiger partial charge in [0.2, 0.25) is 0 Å². The quantitative estimate of drug-likeness (QED) is 0.908. The predicted molar refractivity (Wildman–Crippen MR) is 79.0 cm³/mol. The molecule has 20 heavy (non-hydrogen) atoms. The van der Waals surface area contributed by atoms with Crippen LogP contribution in [0.25, 0.3) is 0 Å². The van der Waals surface area contributed by atoms with E-state index in [9.17, 15) is 0 Å². The van der Waals surface area contributed by atoms with Crippen molar-refractivity contribution in [2.24, 2.45) is 0 Å². The molecule has 0 spiro atoms. The summed E-state index contributed by atoms with van der Waals surface area (Å²) >= 11 is 0. The SMILES string of the molecule is CCNCc1cn(CC2COc3ccccc32)nc1C. The summed E-state index contributed by atoms with van der Waals surface area (Å²) in [4.78, 5) is 0. The third kappa shape index (κ3) is 2.56. The number of rotatable bonds is 5. The molecule has 1 aliphatic heterocycles. The van der Waals surface area contributed by atoms with Gasteiger partial charge < -0.3 is 10.1 Å². The second-order valence-corrected chi connectivity index (χ2v) is 5.29. The number of aryl methyl sites for hydroxylation is 1. The van der Waals surface area contributed by atoms with Crippen LogP contribution in [0.4, 0.5) is 0 Å². The van der Waals surface area contributed by atoms with Gasteiger partial charge in [-0.2, -0.15) is 5.10 Å². The first-order chi connectivity index (χ1) is 9.78. The zero-order valence-electron chi connectivity index (χ0n) is 12.1. The van der Waals surface area contributed by atoms with E-state index in [-0.39, 0.29) is 0 Å². The lowest BCUT2D eigenvalue weighted by molar-refractivity contribution is 0.315. The van der Waals surface area contributed by atoms with Crippen LogP contribution in [-0.2, 0) is 13.1 Å². The van der Waals surface area contributed by atoms with Gasteiger partial charge in [0.15, 0.2) is 0 Å². The smallest absolute Gasteiger partial charge is 0.122 e. The topological polar surface area (TPSA) is 39.1 Å². The number of benzene rings is 1. The van der Waals surface area contributed by atoms with Crippen molar-refractivity contribution in [2.75, 3.05) is 13.2 Å². The monoisotopic (exact) mass is 271 g/mol. The van der Waals surface area contributed by atoms with Crippen molar-refractivity contribution in [3.05, 3.63) is 47.3 Å². The first kappa shape index (κ1) is 13.2. The van der Waals surface area contributed by atoms with Crippen molar-refractivity contribution in [3.8, 4) is 5.75 Å². The van der Waals surface area contributed by atoms with Crippen LogP contribution >= 0.6 is 0 Å². The van der Waals surface area contributed by atoms with Crippen LogP contribution in [0.15, 0.2) is 30.5 Å². The van der Waals surface area contributed by atoms with Gasteiger partial charge in [0, 0.05) is 29.8 Å². The Bertz CT molecular complexity index is 591. The van der Waals surface area contributed by atoms with Gasteiger partial charge in [-0.3, -0.25) is 4.68 Å². The maximum absolute atomic E-state index is 5.73. The summed E-state index contributed by atoms with van der Waals surface area (Å²) in [5.74, 6) is 1.42. The third-order valence-electron chi connectivity index (χ3n) is 3.82. The third-order valence-corrected chi connectivity index (χ3v) is 3.82. The van der Waals surface area contributed by atoms with Crippen molar-refractivity contribution < 1.29 is 4.74 Å². The van der Waals surface area contributed by atoms with Gasteiger partial charge in [-0.1, -0.05) is 25.1 Å². The molecule has 4 heteroatoms. The fraction of sp³-hybridized carbons (Fsp3) is 0.438. The molecule has 106 valence electrons. The second kappa shape index (κ2) is 5.67. The minimum atomic E-state index is 0.400. The van der Waals surface area contributed by atoms with E-state index in [0.717, 1.165) is 37.7 Å². The van der Waals surface area contributed by atoms with Crippen LogP contribution in [-0.4, -0.2) is 22.9 Å². The molecule has 1 unspecified atom stereocenters. The average molecular weight is 271 g/mol. The van der Waals surface area contributed by atoms with E-state index >= 15 is 0 Å². The molecular weight excluding hydrogens is 250 g/mol. The second-order valence-electron chi connectivity index (χ2n) is 5.29. The predicted octanol–water partition coefficient (Wildman–Crippen LogP) is 2.48. The molecule has 1 atom stereocenters. The lowest BCUT2D eigenvalue weighted by Crippen LogP contribution is -2.12. The maximum Gasteiger partial charge on any atom is 0.122 e. The van der Waals surface area contributed by atoms with E-state index in [1.807, 2.05) is 12.1 Å². The molecule has 2 heterocycles. The molecule has 1 aliphatic rings. The summed E-state index contributed by atoms with van der Waals surface area (Å²) in [7, 11) is 0. The first-order valence-corrected chi connectivity index (χ1v) is 7.23. The molecule has 3 rings (SSSR count). The Morgan fingerprint density at radius 1 is 1.40 bits per heavy atom. The van der Waals surface area contributed by atoms with E-state index in [2.05, 4.69) is 47.3 Å². The fourth-order valence-corrected chi connectivity index (χ4v) is 2.69. The molecule has 0 aliphatic carbocycles. The van der Waals surface area contributed by atoms with Gasteiger partial charge in [-0.15, -0.1) is 0 Å². The number of aromatic nitrogens is 2. The molecular formula is C16H21N3O. The average Bonchev–Trinajstić information content (AvgIpc) is 3.01. The Balaban J connectivity index is 1.73. The summed E-state index contributed by atoms with van der Waals surface area (Å²) in [6.07, 6.45) is 2.15. The van der Waals surface area contributed by atoms with Gasteiger partial charge >= 0.3 is 0 Å². The van der Waals surface area contributed by atoms with Crippen molar-refractivity contribution >= 4 is 0 Å². The van der Waals surface area contributed by atoms with Crippen LogP contribution in [0.3, 0.4) is 0 Å². The van der Waals surface area contributed by atoms with E-state index in [0.29, 0.717) is 5.92 Å². The molecule has 1 aromatic heterocycles. The molecule has 0 fully saturated rings. The minimum absolute atomic E-state index is 0.400. The Labute approximate surface area is 119 Å². The van der Waals surface area contributed by atoms with E-state index < -0.39 is 0 Å². The number of nitrogens with zero attached hydrogens (tertiary/aromatic N) is 2. The highest BCUT2D eigenvalue weighted by Gasteiger charge is 2.24. The van der Waals surface area contributed by atoms with Gasteiger partial charge in [0.1, 0.15) is 5.75 Å². The Kier molecular flexibility index (Phi) is 3.74. The van der Waals surface area contributed by atoms with Crippen molar-refractivity contribution in [1.82, 2.24) is 15.1 Å². The molecule has 2 aromatic rings. The first-order valence-electron chi connectivity index (χ1n) is 7.23.